The van der Waals surface area contributed by atoms with Crippen LogP contribution >= 0.6 is 7.14 Å². The average molecular weight is 433 g/mol. The number of hydrogen-bond donors (Lipinski definition) is 2. The lowest BCUT2D eigenvalue weighted by Gasteiger charge is -2.14. The fraction of sp³-hybridized carbons (Fsp3) is 0.250. The molecule has 0 aliphatic carbocycles. The summed E-state index contributed by atoms with van der Waals surface area (Å²) in [5.74, 6) is 0.528. The van der Waals surface area contributed by atoms with E-state index in [1.54, 1.807) is 19.5 Å². The Labute approximate surface area is 182 Å². The van der Waals surface area contributed by atoms with Crippen LogP contribution in [-0.2, 0) is 11.1 Å². The molecule has 0 saturated carbocycles. The van der Waals surface area contributed by atoms with Crippen molar-refractivity contribution in [3.63, 3.8) is 0 Å². The predicted molar refractivity (Wildman–Crippen MR) is 130 cm³/mol. The van der Waals surface area contributed by atoms with Crippen molar-refractivity contribution in [1.82, 2.24) is 14.5 Å². The summed E-state index contributed by atoms with van der Waals surface area (Å²) >= 11 is 0. The molecule has 31 heavy (non-hydrogen) atoms. The number of nitrogens with zero attached hydrogens (tertiary/aromatic N) is 3. The molecule has 0 radical (unpaired) electrons. The maximum absolute atomic E-state index is 13.0. The van der Waals surface area contributed by atoms with Crippen molar-refractivity contribution in [2.75, 3.05) is 25.2 Å². The largest absolute Gasteiger partial charge is 0.347 e. The molecule has 0 bridgehead atoms. The maximum Gasteiger partial charge on any atom is 0.227 e. The standard InChI is InChI=1S/C24H28N5OP/c1-17-6-4-7-18(14-17)27-24-26-11-8-22(28-24)21-15-19(31(2,3)30)16-23-20(21)9-13-29(23)12-5-10-25/h4,6-9,11,13-16H,5,10,12,25H2,1-3H3,(H,26,27,28). The molecule has 2 aromatic carbocycles. The second-order valence-corrected chi connectivity index (χ2v) is 11.4. The normalized spacial score (nSPS) is 11.7. The lowest BCUT2D eigenvalue weighted by molar-refractivity contribution is 0.588. The van der Waals surface area contributed by atoms with Crippen LogP contribution in [-0.4, -0.2) is 34.4 Å². The second kappa shape index (κ2) is 8.66. The lowest BCUT2D eigenvalue weighted by atomic mass is 10.1. The molecule has 0 atom stereocenters. The number of nitrogens with one attached hydrogen (secondary N) is 1. The molecule has 0 spiro atoms. The Balaban J connectivity index is 1.81. The fourth-order valence-corrected chi connectivity index (χ4v) is 4.55. The lowest BCUT2D eigenvalue weighted by Crippen LogP contribution is -2.08. The minimum absolute atomic E-state index is 0.528. The van der Waals surface area contributed by atoms with E-state index in [1.807, 2.05) is 43.3 Å². The summed E-state index contributed by atoms with van der Waals surface area (Å²) in [4.78, 5) is 9.16. The van der Waals surface area contributed by atoms with Crippen LogP contribution < -0.4 is 16.4 Å². The molecule has 6 nitrogen and oxygen atoms in total. The number of aromatic nitrogens is 3. The highest BCUT2D eigenvalue weighted by molar-refractivity contribution is 7.70. The van der Waals surface area contributed by atoms with Crippen LogP contribution in [0, 0.1) is 6.92 Å². The van der Waals surface area contributed by atoms with Gasteiger partial charge in [0, 0.05) is 46.4 Å². The van der Waals surface area contributed by atoms with Crippen molar-refractivity contribution in [2.24, 2.45) is 5.73 Å². The molecular formula is C24H28N5OP. The van der Waals surface area contributed by atoms with E-state index in [9.17, 15) is 4.57 Å². The van der Waals surface area contributed by atoms with E-state index < -0.39 is 7.14 Å². The van der Waals surface area contributed by atoms with Crippen LogP contribution in [0.25, 0.3) is 22.2 Å². The smallest absolute Gasteiger partial charge is 0.227 e. The molecule has 0 fully saturated rings. The van der Waals surface area contributed by atoms with Gasteiger partial charge in [-0.25, -0.2) is 9.97 Å². The summed E-state index contributed by atoms with van der Waals surface area (Å²) in [5.41, 5.74) is 10.6. The van der Waals surface area contributed by atoms with Gasteiger partial charge in [-0.2, -0.15) is 0 Å². The first-order valence-corrected chi connectivity index (χ1v) is 13.0. The third-order valence-electron chi connectivity index (χ3n) is 5.30. The second-order valence-electron chi connectivity index (χ2n) is 8.19. The average Bonchev–Trinajstić information content (AvgIpc) is 3.14. The molecule has 4 rings (SSSR count). The monoisotopic (exact) mass is 433 g/mol. The molecule has 0 aliphatic heterocycles. The first-order chi connectivity index (χ1) is 14.8. The highest BCUT2D eigenvalue weighted by Gasteiger charge is 2.18. The molecule has 0 saturated heterocycles. The number of rotatable bonds is 7. The summed E-state index contributed by atoms with van der Waals surface area (Å²) in [6.45, 7) is 7.11. The number of nitrogens with two attached hydrogens (primary N) is 1. The minimum atomic E-state index is -2.46. The van der Waals surface area contributed by atoms with Gasteiger partial charge in [-0.15, -0.1) is 0 Å². The first-order valence-electron chi connectivity index (χ1n) is 10.4. The van der Waals surface area contributed by atoms with E-state index in [0.29, 0.717) is 12.5 Å². The van der Waals surface area contributed by atoms with E-state index >= 15 is 0 Å². The molecule has 7 heteroatoms. The first kappa shape index (κ1) is 21.3. The molecule has 160 valence electrons. The summed E-state index contributed by atoms with van der Waals surface area (Å²) in [7, 11) is -2.46. The molecule has 2 aromatic heterocycles. The van der Waals surface area contributed by atoms with Gasteiger partial charge in [0.1, 0.15) is 7.14 Å². The van der Waals surface area contributed by atoms with E-state index in [1.165, 1.54) is 0 Å². The Morgan fingerprint density at radius 3 is 2.71 bits per heavy atom. The van der Waals surface area contributed by atoms with Gasteiger partial charge in [0.2, 0.25) is 5.95 Å². The minimum Gasteiger partial charge on any atom is -0.347 e. The van der Waals surface area contributed by atoms with Gasteiger partial charge in [-0.05, 0) is 75.2 Å². The zero-order valence-corrected chi connectivity index (χ0v) is 19.1. The molecule has 4 aromatic rings. The highest BCUT2D eigenvalue weighted by Crippen LogP contribution is 2.39. The van der Waals surface area contributed by atoms with Crippen LogP contribution in [0.1, 0.15) is 12.0 Å². The third-order valence-corrected chi connectivity index (χ3v) is 6.81. The predicted octanol–water partition coefficient (Wildman–Crippen LogP) is 4.75. The van der Waals surface area contributed by atoms with Crippen molar-refractivity contribution >= 4 is 35.0 Å². The summed E-state index contributed by atoms with van der Waals surface area (Å²) in [5, 5.41) is 5.21. The van der Waals surface area contributed by atoms with Crippen molar-refractivity contribution in [3.05, 3.63) is 66.5 Å². The van der Waals surface area contributed by atoms with Gasteiger partial charge < -0.3 is 20.2 Å². The molecular weight excluding hydrogens is 405 g/mol. The number of fused-ring (bicyclic) bond motifs is 1. The Morgan fingerprint density at radius 2 is 1.97 bits per heavy atom. The number of anilines is 2. The van der Waals surface area contributed by atoms with Crippen molar-refractivity contribution in [1.29, 1.82) is 0 Å². The Bertz CT molecular complexity index is 1270. The van der Waals surface area contributed by atoms with Crippen molar-refractivity contribution in [2.45, 2.75) is 19.9 Å². The SMILES string of the molecule is Cc1cccc(Nc2nccc(-c3cc(P(C)(C)=O)cc4c3ccn4CCCN)n2)c1. The molecule has 0 unspecified atom stereocenters. The zero-order chi connectivity index (χ0) is 22.0. The fourth-order valence-electron chi connectivity index (χ4n) is 3.68. The van der Waals surface area contributed by atoms with Crippen LogP contribution in [0.15, 0.2) is 60.9 Å². The molecule has 0 aliphatic rings. The molecule has 2 heterocycles. The van der Waals surface area contributed by atoms with E-state index in [2.05, 4.69) is 33.2 Å². The van der Waals surface area contributed by atoms with Gasteiger partial charge in [-0.3, -0.25) is 0 Å². The molecule has 0 amide bonds. The Kier molecular flexibility index (Phi) is 5.94. The van der Waals surface area contributed by atoms with Gasteiger partial charge in [-0.1, -0.05) is 12.1 Å². The van der Waals surface area contributed by atoms with Gasteiger partial charge in [0.15, 0.2) is 0 Å². The van der Waals surface area contributed by atoms with E-state index in [4.69, 9.17) is 10.7 Å². The summed E-state index contributed by atoms with van der Waals surface area (Å²) < 4.78 is 15.1. The summed E-state index contributed by atoms with van der Waals surface area (Å²) in [6, 6.07) is 16.1. The van der Waals surface area contributed by atoms with Crippen LogP contribution in [0.5, 0.6) is 0 Å². The Morgan fingerprint density at radius 1 is 1.13 bits per heavy atom. The third kappa shape index (κ3) is 4.71. The topological polar surface area (TPSA) is 85.8 Å². The van der Waals surface area contributed by atoms with Crippen LogP contribution in [0.2, 0.25) is 0 Å². The van der Waals surface area contributed by atoms with E-state index in [0.717, 1.165) is 51.7 Å². The van der Waals surface area contributed by atoms with Gasteiger partial charge in [0.25, 0.3) is 0 Å². The van der Waals surface area contributed by atoms with Gasteiger partial charge >= 0.3 is 0 Å². The van der Waals surface area contributed by atoms with Gasteiger partial charge in [0.05, 0.1) is 5.69 Å². The highest BCUT2D eigenvalue weighted by atomic mass is 31.2. The van der Waals surface area contributed by atoms with Crippen LogP contribution in [0.4, 0.5) is 11.6 Å². The van der Waals surface area contributed by atoms with E-state index in [-0.39, 0.29) is 0 Å². The maximum atomic E-state index is 13.0. The summed E-state index contributed by atoms with van der Waals surface area (Å²) in [6.07, 6.45) is 4.70. The molecule has 3 N–H and O–H groups in total. The quantitative estimate of drug-likeness (QED) is 0.411. The number of aryl methyl sites for hydroxylation is 2. The number of benzene rings is 2. The Hall–Kier alpha value is -2.95. The van der Waals surface area contributed by atoms with Crippen molar-refractivity contribution in [3.8, 4) is 11.3 Å². The van der Waals surface area contributed by atoms with Crippen molar-refractivity contribution < 1.29 is 4.57 Å². The van der Waals surface area contributed by atoms with Crippen LogP contribution in [0.3, 0.4) is 0 Å². The zero-order valence-electron chi connectivity index (χ0n) is 18.2. The number of hydrogen-bond acceptors (Lipinski definition) is 5.